The van der Waals surface area contributed by atoms with Crippen molar-refractivity contribution in [2.24, 2.45) is 23.2 Å². The number of hydrogen-bond donors (Lipinski definition) is 1. The molecule has 0 spiro atoms. The van der Waals surface area contributed by atoms with Gasteiger partial charge in [-0.25, -0.2) is 0 Å². The van der Waals surface area contributed by atoms with E-state index in [1.54, 1.807) is 0 Å². The van der Waals surface area contributed by atoms with Gasteiger partial charge in [-0.2, -0.15) is 0 Å². The maximum atomic E-state index is 12.9. The van der Waals surface area contributed by atoms with Crippen molar-refractivity contribution in [2.75, 3.05) is 0 Å². The highest BCUT2D eigenvalue weighted by Gasteiger charge is 2.59. The molecule has 4 fully saturated rings. The minimum Gasteiger partial charge on any atom is -0.458 e. The molecule has 4 aliphatic rings. The van der Waals surface area contributed by atoms with Crippen LogP contribution in [0, 0.1) is 23.2 Å². The highest BCUT2D eigenvalue weighted by Crippen LogP contribution is 2.59. The Morgan fingerprint density at radius 1 is 1.27 bits per heavy atom. The van der Waals surface area contributed by atoms with Gasteiger partial charge in [0.05, 0.1) is 11.0 Å². The lowest BCUT2D eigenvalue weighted by molar-refractivity contribution is -0.225. The summed E-state index contributed by atoms with van der Waals surface area (Å²) in [5.41, 5.74) is -1.58. The lowest BCUT2D eigenvalue weighted by Crippen LogP contribution is -2.61. The van der Waals surface area contributed by atoms with Gasteiger partial charge in [0.2, 0.25) is 0 Å². The van der Waals surface area contributed by atoms with Gasteiger partial charge in [0, 0.05) is 6.42 Å². The molecule has 0 aliphatic heterocycles. The number of rotatable bonds is 4. The van der Waals surface area contributed by atoms with Crippen molar-refractivity contribution in [1.29, 1.82) is 0 Å². The average Bonchev–Trinajstić information content (AvgIpc) is 2.34. The maximum absolute atomic E-state index is 12.9. The predicted octanol–water partition coefficient (Wildman–Crippen LogP) is 3.85. The number of hydrogen-bond acceptors (Lipinski definition) is 3. The molecule has 0 radical (unpaired) electrons. The molecule has 124 valence electrons. The number of carbonyl (C=O) groups excluding carboxylic acids is 1. The van der Waals surface area contributed by atoms with Gasteiger partial charge in [0.25, 0.3) is 0 Å². The molecule has 0 saturated heterocycles. The molecule has 3 atom stereocenters. The van der Waals surface area contributed by atoms with Crippen LogP contribution in [-0.2, 0) is 9.53 Å². The molecule has 1 N–H and O–H groups in total. The van der Waals surface area contributed by atoms with Crippen LogP contribution in [-0.4, -0.2) is 22.3 Å². The molecule has 22 heavy (non-hydrogen) atoms. The van der Waals surface area contributed by atoms with Gasteiger partial charge in [0.15, 0.2) is 0 Å². The highest BCUT2D eigenvalue weighted by molar-refractivity contribution is 5.79. The summed E-state index contributed by atoms with van der Waals surface area (Å²) in [5.74, 6) is 1.14. The Labute approximate surface area is 134 Å². The Kier molecular flexibility index (Phi) is 3.71. The van der Waals surface area contributed by atoms with Crippen molar-refractivity contribution in [2.45, 2.75) is 77.4 Å². The summed E-state index contributed by atoms with van der Waals surface area (Å²) in [6, 6.07) is 0. The van der Waals surface area contributed by atoms with Crippen molar-refractivity contribution in [3.05, 3.63) is 12.2 Å². The maximum Gasteiger partial charge on any atom is 0.316 e. The van der Waals surface area contributed by atoms with E-state index in [2.05, 4.69) is 13.8 Å². The summed E-state index contributed by atoms with van der Waals surface area (Å²) in [7, 11) is 0. The zero-order valence-corrected chi connectivity index (χ0v) is 14.4. The monoisotopic (exact) mass is 306 g/mol. The molecular weight excluding hydrogens is 276 g/mol. The van der Waals surface area contributed by atoms with E-state index in [0.717, 1.165) is 25.7 Å². The molecule has 3 nitrogen and oxygen atoms in total. The molecule has 4 rings (SSSR count). The van der Waals surface area contributed by atoms with Crippen LogP contribution in [0.1, 0.15) is 66.2 Å². The highest BCUT2D eigenvalue weighted by atomic mass is 16.6. The van der Waals surface area contributed by atoms with Crippen LogP contribution < -0.4 is 0 Å². The minimum absolute atomic E-state index is 0.119. The van der Waals surface area contributed by atoms with Crippen LogP contribution in [0.5, 0.6) is 0 Å². The third kappa shape index (κ3) is 2.51. The number of ether oxygens (including phenoxy) is 1. The van der Waals surface area contributed by atoms with Crippen LogP contribution >= 0.6 is 0 Å². The summed E-state index contributed by atoms with van der Waals surface area (Å²) >= 11 is 0. The average molecular weight is 306 g/mol. The number of esters is 1. The largest absolute Gasteiger partial charge is 0.458 e. The van der Waals surface area contributed by atoms with Crippen LogP contribution in [0.3, 0.4) is 0 Å². The zero-order chi connectivity index (χ0) is 16.2. The van der Waals surface area contributed by atoms with Crippen LogP contribution in [0.25, 0.3) is 0 Å². The minimum atomic E-state index is -0.584. The summed E-state index contributed by atoms with van der Waals surface area (Å²) < 4.78 is 6.14. The fourth-order valence-electron chi connectivity index (χ4n) is 5.40. The van der Waals surface area contributed by atoms with Crippen LogP contribution in [0.15, 0.2) is 12.2 Å². The van der Waals surface area contributed by atoms with E-state index in [0.29, 0.717) is 18.3 Å². The van der Waals surface area contributed by atoms with E-state index in [1.807, 2.05) is 26.0 Å². The number of aliphatic hydroxyl groups is 1. The van der Waals surface area contributed by atoms with Crippen LogP contribution in [0.2, 0.25) is 0 Å². The Morgan fingerprint density at radius 3 is 2.32 bits per heavy atom. The summed E-state index contributed by atoms with van der Waals surface area (Å²) in [6.07, 6.45) is 9.45. The van der Waals surface area contributed by atoms with Gasteiger partial charge >= 0.3 is 5.97 Å². The van der Waals surface area contributed by atoms with Gasteiger partial charge < -0.3 is 9.84 Å². The van der Waals surface area contributed by atoms with Gasteiger partial charge in [0.1, 0.15) is 5.60 Å². The lowest BCUT2D eigenvalue weighted by atomic mass is 9.52. The van der Waals surface area contributed by atoms with E-state index in [-0.39, 0.29) is 11.9 Å². The molecule has 4 saturated carbocycles. The summed E-state index contributed by atoms with van der Waals surface area (Å²) in [6.45, 7) is 8.04. The molecule has 0 amide bonds. The van der Waals surface area contributed by atoms with E-state index in [1.165, 1.54) is 6.42 Å². The van der Waals surface area contributed by atoms with Gasteiger partial charge in [-0.15, -0.1) is 0 Å². The van der Waals surface area contributed by atoms with Crippen molar-refractivity contribution in [1.82, 2.24) is 0 Å². The first kappa shape index (κ1) is 16.0. The molecule has 0 aromatic carbocycles. The normalized spacial score (nSPS) is 42.8. The van der Waals surface area contributed by atoms with Crippen molar-refractivity contribution in [3.8, 4) is 0 Å². The third-order valence-corrected chi connectivity index (χ3v) is 6.44. The van der Waals surface area contributed by atoms with E-state index < -0.39 is 16.6 Å². The molecule has 0 heterocycles. The van der Waals surface area contributed by atoms with Crippen LogP contribution in [0.4, 0.5) is 0 Å². The molecule has 0 aromatic rings. The van der Waals surface area contributed by atoms with Crippen molar-refractivity contribution < 1.29 is 14.6 Å². The third-order valence-electron chi connectivity index (χ3n) is 6.44. The molecule has 0 aromatic heterocycles. The fraction of sp³-hybridized carbons (Fsp3) is 0.842. The van der Waals surface area contributed by atoms with Gasteiger partial charge in [-0.05, 0) is 63.7 Å². The molecule has 3 heteroatoms. The first-order valence-electron chi connectivity index (χ1n) is 8.80. The quantitative estimate of drug-likeness (QED) is 0.634. The smallest absolute Gasteiger partial charge is 0.316 e. The Hall–Kier alpha value is -0.830. The SMILES string of the molecule is C/C=C/C(C)(C(=O)OC12CC3CC(CC(O)(C3)C1)C2)C(C)C. The molecule has 4 aliphatic carbocycles. The Bertz CT molecular complexity index is 479. The second kappa shape index (κ2) is 5.09. The van der Waals surface area contributed by atoms with E-state index in [4.69, 9.17) is 4.74 Å². The summed E-state index contributed by atoms with van der Waals surface area (Å²) in [5, 5.41) is 10.8. The van der Waals surface area contributed by atoms with Gasteiger partial charge in [-0.3, -0.25) is 4.79 Å². The second-order valence-corrected chi connectivity index (χ2v) is 8.70. The summed E-state index contributed by atoms with van der Waals surface area (Å²) in [4.78, 5) is 12.9. The molecular formula is C19H30O3. The Morgan fingerprint density at radius 2 is 1.86 bits per heavy atom. The molecule has 4 bridgehead atoms. The van der Waals surface area contributed by atoms with E-state index in [9.17, 15) is 9.90 Å². The lowest BCUT2D eigenvalue weighted by Gasteiger charge is -2.59. The standard InChI is InChI=1S/C19H30O3/c1-5-6-17(4,13(2)3)16(20)22-19-10-14-7-15(11-19)9-18(21,8-14)12-19/h5-6,13-15,21H,7-12H2,1-4H3/b6-5+. The van der Waals surface area contributed by atoms with Gasteiger partial charge in [-0.1, -0.05) is 26.0 Å². The fourth-order valence-corrected chi connectivity index (χ4v) is 5.40. The number of carbonyl (C=O) groups is 1. The first-order valence-corrected chi connectivity index (χ1v) is 8.80. The van der Waals surface area contributed by atoms with E-state index >= 15 is 0 Å². The van der Waals surface area contributed by atoms with Crippen molar-refractivity contribution >= 4 is 5.97 Å². The Balaban J connectivity index is 1.82. The zero-order valence-electron chi connectivity index (χ0n) is 14.4. The molecule has 3 unspecified atom stereocenters. The topological polar surface area (TPSA) is 46.5 Å². The van der Waals surface area contributed by atoms with Crippen molar-refractivity contribution in [3.63, 3.8) is 0 Å². The first-order chi connectivity index (χ1) is 10.2. The predicted molar refractivity (Wildman–Crippen MR) is 86.2 cm³/mol. The number of allylic oxidation sites excluding steroid dienone is 1. The second-order valence-electron chi connectivity index (χ2n) is 8.70.